The lowest BCUT2D eigenvalue weighted by molar-refractivity contribution is 0.417. The quantitative estimate of drug-likeness (QED) is 0.692. The average molecular weight is 341 g/mol. The van der Waals surface area contributed by atoms with Crippen LogP contribution in [0.1, 0.15) is 5.56 Å². The van der Waals surface area contributed by atoms with Crippen LogP contribution in [0.5, 0.6) is 5.75 Å². The molecule has 0 fully saturated rings. The van der Waals surface area contributed by atoms with Crippen LogP contribution in [0.4, 0.5) is 17.5 Å². The number of anilines is 3. The smallest absolute Gasteiger partial charge is 0.229 e. The van der Waals surface area contributed by atoms with E-state index in [1.165, 1.54) is 0 Å². The highest BCUT2D eigenvalue weighted by Gasteiger charge is 2.05. The van der Waals surface area contributed by atoms with Crippen molar-refractivity contribution in [3.63, 3.8) is 0 Å². The number of rotatable bonds is 6. The molecule has 1 aromatic heterocycles. The maximum absolute atomic E-state index is 6.16. The highest BCUT2D eigenvalue weighted by molar-refractivity contribution is 6.31. The van der Waals surface area contributed by atoms with Gasteiger partial charge in [-0.15, -0.1) is 0 Å². The molecule has 3 aromatic rings. The maximum Gasteiger partial charge on any atom is 0.229 e. The second-order valence-corrected chi connectivity index (χ2v) is 5.44. The van der Waals surface area contributed by atoms with Crippen LogP contribution in [0.2, 0.25) is 5.02 Å². The van der Waals surface area contributed by atoms with Gasteiger partial charge in [0.25, 0.3) is 0 Å². The topological polar surface area (TPSA) is 59.1 Å². The number of methoxy groups -OCH3 is 1. The summed E-state index contributed by atoms with van der Waals surface area (Å²) in [6, 6.07) is 17.1. The molecule has 0 spiro atoms. The second-order valence-electron chi connectivity index (χ2n) is 5.04. The zero-order valence-corrected chi connectivity index (χ0v) is 13.9. The van der Waals surface area contributed by atoms with Crippen molar-refractivity contribution in [2.75, 3.05) is 17.7 Å². The summed E-state index contributed by atoms with van der Waals surface area (Å²) in [5, 5.41) is 7.14. The summed E-state index contributed by atoms with van der Waals surface area (Å²) in [7, 11) is 1.63. The predicted octanol–water partition coefficient (Wildman–Crippen LogP) is 4.49. The normalized spacial score (nSPS) is 10.2. The lowest BCUT2D eigenvalue weighted by atomic mass is 10.2. The molecule has 0 saturated carbocycles. The van der Waals surface area contributed by atoms with E-state index in [0.29, 0.717) is 18.3 Å². The van der Waals surface area contributed by atoms with Crippen molar-refractivity contribution in [2.45, 2.75) is 6.54 Å². The number of nitrogens with zero attached hydrogens (tertiary/aromatic N) is 2. The average Bonchev–Trinajstić information content (AvgIpc) is 2.62. The first-order valence-electron chi connectivity index (χ1n) is 7.46. The second kappa shape index (κ2) is 7.66. The Labute approximate surface area is 145 Å². The molecule has 1 heterocycles. The molecule has 0 unspecified atom stereocenters. The number of nitrogens with one attached hydrogen (secondary N) is 2. The Kier molecular flexibility index (Phi) is 5.13. The monoisotopic (exact) mass is 340 g/mol. The van der Waals surface area contributed by atoms with Gasteiger partial charge in [0.15, 0.2) is 0 Å². The van der Waals surface area contributed by atoms with E-state index in [9.17, 15) is 0 Å². The molecule has 0 aliphatic heterocycles. The van der Waals surface area contributed by atoms with Gasteiger partial charge in [-0.05, 0) is 29.8 Å². The van der Waals surface area contributed by atoms with E-state index < -0.39 is 0 Å². The van der Waals surface area contributed by atoms with E-state index in [2.05, 4.69) is 20.6 Å². The van der Waals surface area contributed by atoms with Crippen LogP contribution in [0.3, 0.4) is 0 Å². The number of benzene rings is 2. The van der Waals surface area contributed by atoms with Crippen molar-refractivity contribution in [3.8, 4) is 5.75 Å². The van der Waals surface area contributed by atoms with Gasteiger partial charge in [0.2, 0.25) is 5.95 Å². The van der Waals surface area contributed by atoms with Crippen LogP contribution >= 0.6 is 11.6 Å². The third-order valence-electron chi connectivity index (χ3n) is 3.43. The summed E-state index contributed by atoms with van der Waals surface area (Å²) >= 11 is 6.16. The minimum atomic E-state index is 0.489. The lowest BCUT2D eigenvalue weighted by Crippen LogP contribution is -2.05. The summed E-state index contributed by atoms with van der Waals surface area (Å²) in [6.45, 7) is 0.588. The van der Waals surface area contributed by atoms with Crippen LogP contribution in [0, 0.1) is 0 Å². The molecule has 5 nitrogen and oxygen atoms in total. The zero-order valence-electron chi connectivity index (χ0n) is 13.2. The van der Waals surface area contributed by atoms with Crippen molar-refractivity contribution in [2.24, 2.45) is 0 Å². The molecule has 2 N–H and O–H groups in total. The Morgan fingerprint density at radius 2 is 1.83 bits per heavy atom. The summed E-state index contributed by atoms with van der Waals surface area (Å²) in [5.41, 5.74) is 1.82. The first-order chi connectivity index (χ1) is 11.8. The molecule has 0 aliphatic rings. The molecule has 0 aliphatic carbocycles. The van der Waals surface area contributed by atoms with E-state index in [1.54, 1.807) is 13.3 Å². The fourth-order valence-electron chi connectivity index (χ4n) is 2.21. The number of halogens is 1. The van der Waals surface area contributed by atoms with Crippen LogP contribution in [0.15, 0.2) is 60.8 Å². The standard InChI is InChI=1S/C18H17ClN4O/c1-24-16-9-5-4-8-15(16)22-18-20-11-10-17(23-18)21-12-13-6-2-3-7-14(13)19/h2-11H,12H2,1H3,(H2,20,21,22,23). The van der Waals surface area contributed by atoms with E-state index in [-0.39, 0.29) is 0 Å². The molecular weight excluding hydrogens is 324 g/mol. The van der Waals surface area contributed by atoms with E-state index >= 15 is 0 Å². The highest BCUT2D eigenvalue weighted by Crippen LogP contribution is 2.25. The first-order valence-corrected chi connectivity index (χ1v) is 7.84. The van der Waals surface area contributed by atoms with Gasteiger partial charge in [-0.2, -0.15) is 4.98 Å². The van der Waals surface area contributed by atoms with Crippen molar-refractivity contribution < 1.29 is 4.74 Å². The van der Waals surface area contributed by atoms with Crippen molar-refractivity contribution in [1.29, 1.82) is 0 Å². The Morgan fingerprint density at radius 3 is 2.67 bits per heavy atom. The molecule has 0 saturated heterocycles. The summed E-state index contributed by atoms with van der Waals surface area (Å²) in [4.78, 5) is 8.69. The van der Waals surface area contributed by atoms with Crippen LogP contribution < -0.4 is 15.4 Å². The number of ether oxygens (including phenoxy) is 1. The Hall–Kier alpha value is -2.79. The van der Waals surface area contributed by atoms with Gasteiger partial charge in [0.05, 0.1) is 12.8 Å². The number of hydrogen-bond donors (Lipinski definition) is 2. The molecule has 6 heteroatoms. The molecule has 0 atom stereocenters. The molecule has 2 aromatic carbocycles. The minimum absolute atomic E-state index is 0.489. The van der Waals surface area contributed by atoms with Gasteiger partial charge in [-0.3, -0.25) is 0 Å². The largest absolute Gasteiger partial charge is 0.495 e. The first kappa shape index (κ1) is 16.1. The van der Waals surface area contributed by atoms with Gasteiger partial charge >= 0.3 is 0 Å². The maximum atomic E-state index is 6.16. The van der Waals surface area contributed by atoms with Gasteiger partial charge in [-0.1, -0.05) is 41.9 Å². The van der Waals surface area contributed by atoms with E-state index in [4.69, 9.17) is 16.3 Å². The molecular formula is C18H17ClN4O. The molecule has 3 rings (SSSR count). The summed E-state index contributed by atoms with van der Waals surface area (Å²) < 4.78 is 5.32. The number of hydrogen-bond acceptors (Lipinski definition) is 5. The fraction of sp³-hybridized carbons (Fsp3) is 0.111. The number of para-hydroxylation sites is 2. The van der Waals surface area contributed by atoms with Gasteiger partial charge < -0.3 is 15.4 Å². The lowest BCUT2D eigenvalue weighted by Gasteiger charge is -2.11. The molecule has 122 valence electrons. The third kappa shape index (κ3) is 3.94. The van der Waals surface area contributed by atoms with Crippen molar-refractivity contribution >= 4 is 29.1 Å². The van der Waals surface area contributed by atoms with Crippen LogP contribution in [-0.4, -0.2) is 17.1 Å². The Balaban J connectivity index is 1.71. The van der Waals surface area contributed by atoms with E-state index in [1.807, 2.05) is 54.6 Å². The number of aromatic nitrogens is 2. The van der Waals surface area contributed by atoms with Gasteiger partial charge in [0.1, 0.15) is 11.6 Å². The fourth-order valence-corrected chi connectivity index (χ4v) is 2.42. The van der Waals surface area contributed by atoms with Gasteiger partial charge in [0, 0.05) is 17.8 Å². The summed E-state index contributed by atoms with van der Waals surface area (Å²) in [6.07, 6.45) is 1.69. The molecule has 0 bridgehead atoms. The zero-order chi connectivity index (χ0) is 16.8. The van der Waals surface area contributed by atoms with E-state index in [0.717, 1.165) is 22.0 Å². The highest BCUT2D eigenvalue weighted by atomic mass is 35.5. The Morgan fingerprint density at radius 1 is 1.04 bits per heavy atom. The van der Waals surface area contributed by atoms with Crippen LogP contribution in [0.25, 0.3) is 0 Å². The minimum Gasteiger partial charge on any atom is -0.495 e. The molecule has 24 heavy (non-hydrogen) atoms. The van der Waals surface area contributed by atoms with Gasteiger partial charge in [-0.25, -0.2) is 4.98 Å². The van der Waals surface area contributed by atoms with Crippen molar-refractivity contribution in [3.05, 3.63) is 71.4 Å². The third-order valence-corrected chi connectivity index (χ3v) is 3.80. The van der Waals surface area contributed by atoms with Crippen molar-refractivity contribution in [1.82, 2.24) is 9.97 Å². The Bertz CT molecular complexity index is 825. The molecule has 0 radical (unpaired) electrons. The molecule has 0 amide bonds. The SMILES string of the molecule is COc1ccccc1Nc1nccc(NCc2ccccc2Cl)n1. The predicted molar refractivity (Wildman–Crippen MR) is 97.1 cm³/mol. The summed E-state index contributed by atoms with van der Waals surface area (Å²) in [5.74, 6) is 1.93. The van der Waals surface area contributed by atoms with Crippen LogP contribution in [-0.2, 0) is 6.54 Å².